The number of phenols is 1. The van der Waals surface area contributed by atoms with E-state index >= 15 is 0 Å². The fourth-order valence-corrected chi connectivity index (χ4v) is 3.36. The summed E-state index contributed by atoms with van der Waals surface area (Å²) in [4.78, 5) is 10.7. The Morgan fingerprint density at radius 2 is 1.88 bits per heavy atom. The van der Waals surface area contributed by atoms with Crippen LogP contribution in [0.4, 0.5) is 5.69 Å². The maximum atomic E-state index is 11.0. The Labute approximate surface area is 140 Å². The molecule has 0 unspecified atom stereocenters. The molecule has 1 heterocycles. The molecule has 0 radical (unpaired) electrons. The van der Waals surface area contributed by atoms with Crippen LogP contribution in [0.5, 0.6) is 5.75 Å². The first-order chi connectivity index (χ1) is 11.3. The number of carbonyl (C=O) groups is 1. The van der Waals surface area contributed by atoms with Crippen molar-refractivity contribution in [3.63, 3.8) is 0 Å². The van der Waals surface area contributed by atoms with E-state index in [0.29, 0.717) is 0 Å². The van der Waals surface area contributed by atoms with Crippen LogP contribution in [0.1, 0.15) is 6.92 Å². The van der Waals surface area contributed by atoms with Gasteiger partial charge in [-0.3, -0.25) is 5.10 Å². The number of hydrogen-bond acceptors (Lipinski definition) is 4. The van der Waals surface area contributed by atoms with Crippen LogP contribution >= 0.6 is 0 Å². The number of para-hydroxylation sites is 2. The number of aromatic amines is 1. The quantitative estimate of drug-likeness (QED) is 0.317. The molecular weight excluding hydrogens is 377 g/mol. The van der Waals surface area contributed by atoms with E-state index in [1.807, 2.05) is 30.5 Å². The molecule has 0 aliphatic rings. The first-order valence-corrected chi connectivity index (χ1v) is 10.2. The standard InChI is InChI=1S/C8H10AsNO5.C7H6N2/c1-5(11)10-7-4-2-3-6(8(7)12)9(13,14)15;1-2-4-7-6(3-1)5-8-9-7/h2-4,12H,1H3,(H,10,11)(H2,13,14,15);1-5H,(H,8,9). The Morgan fingerprint density at radius 1 is 1.17 bits per heavy atom. The summed E-state index contributed by atoms with van der Waals surface area (Å²) >= 11 is -5.15. The molecule has 1 aromatic heterocycles. The summed E-state index contributed by atoms with van der Waals surface area (Å²) in [5.74, 6) is -1.01. The summed E-state index contributed by atoms with van der Waals surface area (Å²) in [6.45, 7) is 1.23. The molecule has 9 heteroatoms. The van der Waals surface area contributed by atoms with Gasteiger partial charge < -0.3 is 0 Å². The van der Waals surface area contributed by atoms with Gasteiger partial charge in [0, 0.05) is 5.39 Å². The van der Waals surface area contributed by atoms with E-state index in [-0.39, 0.29) is 5.69 Å². The summed E-state index contributed by atoms with van der Waals surface area (Å²) in [5.41, 5.74) is 1.09. The topological polar surface area (TPSA) is 136 Å². The molecule has 3 aromatic rings. The molecule has 0 fully saturated rings. The van der Waals surface area contributed by atoms with Crippen molar-refractivity contribution < 1.29 is 21.8 Å². The van der Waals surface area contributed by atoms with Crippen molar-refractivity contribution in [2.45, 2.75) is 6.92 Å². The van der Waals surface area contributed by atoms with Gasteiger partial charge in [-0.15, -0.1) is 0 Å². The third-order valence-electron chi connectivity index (χ3n) is 2.99. The van der Waals surface area contributed by atoms with E-state index in [1.54, 1.807) is 0 Å². The number of nitrogens with zero attached hydrogens (tertiary/aromatic N) is 1. The molecule has 5 N–H and O–H groups in total. The molecule has 8 nitrogen and oxygen atoms in total. The monoisotopic (exact) mass is 393 g/mol. The van der Waals surface area contributed by atoms with Gasteiger partial charge in [0.25, 0.3) is 0 Å². The van der Waals surface area contributed by atoms with E-state index in [4.69, 9.17) is 8.19 Å². The third kappa shape index (κ3) is 4.48. The number of aromatic nitrogens is 2. The number of aromatic hydroxyl groups is 1. The summed E-state index contributed by atoms with van der Waals surface area (Å²) in [6.07, 6.45) is 1.81. The molecule has 0 spiro atoms. The van der Waals surface area contributed by atoms with Gasteiger partial charge in [-0.1, -0.05) is 18.2 Å². The zero-order valence-electron chi connectivity index (χ0n) is 12.7. The Kier molecular flexibility index (Phi) is 5.46. The second-order valence-corrected chi connectivity index (χ2v) is 8.15. The van der Waals surface area contributed by atoms with Crippen LogP contribution in [-0.2, 0) is 8.53 Å². The molecule has 3 rings (SSSR count). The van der Waals surface area contributed by atoms with Gasteiger partial charge in [-0.2, -0.15) is 5.10 Å². The van der Waals surface area contributed by atoms with E-state index in [0.717, 1.165) is 17.0 Å². The maximum absolute atomic E-state index is 11.0. The van der Waals surface area contributed by atoms with Gasteiger partial charge >= 0.3 is 88.1 Å². The molecule has 126 valence electrons. The van der Waals surface area contributed by atoms with Crippen molar-refractivity contribution in [3.05, 3.63) is 48.7 Å². The number of H-pyrrole nitrogens is 1. The molecule has 0 saturated carbocycles. The average molecular weight is 393 g/mol. The van der Waals surface area contributed by atoms with Crippen LogP contribution in [0.2, 0.25) is 0 Å². The number of nitrogens with one attached hydrogen (secondary N) is 2. The van der Waals surface area contributed by atoms with Crippen LogP contribution in [0.3, 0.4) is 0 Å². The van der Waals surface area contributed by atoms with Crippen LogP contribution in [0.15, 0.2) is 48.7 Å². The van der Waals surface area contributed by atoms with E-state index < -0.39 is 30.2 Å². The van der Waals surface area contributed by atoms with Gasteiger partial charge in [0.1, 0.15) is 0 Å². The van der Waals surface area contributed by atoms with Crippen molar-refractivity contribution in [1.82, 2.24) is 10.2 Å². The second-order valence-electron chi connectivity index (χ2n) is 4.86. The number of hydrogen-bond donors (Lipinski definition) is 5. The van der Waals surface area contributed by atoms with Gasteiger partial charge in [-0.25, -0.2) is 0 Å². The Hall–Kier alpha value is -2.54. The zero-order chi connectivity index (χ0) is 17.7. The maximum Gasteiger partial charge on any atom is 0.0650 e. The molecule has 0 aliphatic heterocycles. The minimum Gasteiger partial charge on any atom is -0.278 e. The van der Waals surface area contributed by atoms with Crippen molar-refractivity contribution in [3.8, 4) is 5.75 Å². The summed E-state index contributed by atoms with van der Waals surface area (Å²) in [6, 6.07) is 11.8. The summed E-state index contributed by atoms with van der Waals surface area (Å²) in [7, 11) is 0. The van der Waals surface area contributed by atoms with Gasteiger partial charge in [0.05, 0.1) is 11.7 Å². The van der Waals surface area contributed by atoms with Crippen LogP contribution in [0, 0.1) is 0 Å². The van der Waals surface area contributed by atoms with Crippen molar-refractivity contribution >= 4 is 41.0 Å². The number of fused-ring (bicyclic) bond motifs is 1. The van der Waals surface area contributed by atoms with Gasteiger partial charge in [0.15, 0.2) is 0 Å². The Balaban J connectivity index is 0.000000194. The largest absolute Gasteiger partial charge is 0.278 e. The smallest absolute Gasteiger partial charge is 0.0650 e. The zero-order valence-corrected chi connectivity index (χ0v) is 14.5. The van der Waals surface area contributed by atoms with Gasteiger partial charge in [0.2, 0.25) is 0 Å². The van der Waals surface area contributed by atoms with E-state index in [2.05, 4.69) is 15.5 Å². The Morgan fingerprint density at radius 3 is 2.50 bits per heavy atom. The van der Waals surface area contributed by atoms with Crippen molar-refractivity contribution in [2.24, 2.45) is 0 Å². The predicted octanol–water partition coefficient (Wildman–Crippen LogP) is 0.474. The average Bonchev–Trinajstić information content (AvgIpc) is 2.97. The normalized spacial score (nSPS) is 10.8. The molecule has 0 atom stereocenters. The Bertz CT molecular complexity index is 873. The van der Waals surface area contributed by atoms with Crippen molar-refractivity contribution in [2.75, 3.05) is 5.32 Å². The summed E-state index contributed by atoms with van der Waals surface area (Å²) < 4.78 is 28.4. The molecular formula is C15H16AsN3O5. The first kappa shape index (κ1) is 17.8. The number of benzene rings is 2. The summed E-state index contributed by atoms with van der Waals surface area (Å²) in [5, 5.41) is 19.7. The van der Waals surface area contributed by atoms with E-state index in [1.165, 1.54) is 19.1 Å². The first-order valence-electron chi connectivity index (χ1n) is 6.83. The molecule has 24 heavy (non-hydrogen) atoms. The number of carbonyl (C=O) groups excluding carboxylic acids is 1. The van der Waals surface area contributed by atoms with Crippen LogP contribution in [-0.4, -0.2) is 43.6 Å². The van der Waals surface area contributed by atoms with Gasteiger partial charge in [-0.05, 0) is 6.07 Å². The molecule has 1 amide bonds. The molecule has 0 saturated heterocycles. The number of rotatable bonds is 2. The number of amides is 1. The van der Waals surface area contributed by atoms with Crippen LogP contribution < -0.4 is 9.67 Å². The number of anilines is 1. The molecule has 0 aliphatic carbocycles. The fourth-order valence-electron chi connectivity index (χ4n) is 1.94. The predicted molar refractivity (Wildman–Crippen MR) is 89.0 cm³/mol. The SMILES string of the molecule is CC(=O)Nc1cccc([As](=O)(O)O)c1O.c1ccc2[nH]ncc2c1. The molecule has 0 bridgehead atoms. The third-order valence-corrected chi connectivity index (χ3v) is 5.06. The fraction of sp³-hybridized carbons (Fsp3) is 0.0667. The minimum absolute atomic E-state index is 0.00951. The second kappa shape index (κ2) is 7.35. The van der Waals surface area contributed by atoms with E-state index in [9.17, 15) is 13.6 Å². The molecule has 2 aromatic carbocycles. The number of phenolic OH excluding ortho intramolecular Hbond substituents is 1. The minimum atomic E-state index is -5.15. The van der Waals surface area contributed by atoms with Crippen molar-refractivity contribution in [1.29, 1.82) is 0 Å². The van der Waals surface area contributed by atoms with Crippen LogP contribution in [0.25, 0.3) is 10.9 Å².